The van der Waals surface area contributed by atoms with Crippen LogP contribution in [0.5, 0.6) is 0 Å². The molecule has 7 heavy (non-hydrogen) atoms. The van der Waals surface area contributed by atoms with Crippen molar-refractivity contribution in [1.82, 2.24) is 5.32 Å². The lowest BCUT2D eigenvalue weighted by atomic mass is 10.4. The van der Waals surface area contributed by atoms with Crippen LogP contribution in [0.2, 0.25) is 0 Å². The van der Waals surface area contributed by atoms with Crippen molar-refractivity contribution in [3.8, 4) is 0 Å². The molecule has 1 rings (SSSR count). The summed E-state index contributed by atoms with van der Waals surface area (Å²) >= 11 is 0. The van der Waals surface area contributed by atoms with Crippen LogP contribution >= 0.6 is 0 Å². The number of carbonyl (C=O) groups excluding carboxylic acids is 1. The summed E-state index contributed by atoms with van der Waals surface area (Å²) in [6, 6.07) is 0. The van der Waals surface area contributed by atoms with Crippen LogP contribution in [0.1, 0.15) is 20.3 Å². The lowest BCUT2D eigenvalue weighted by molar-refractivity contribution is -0.119. The van der Waals surface area contributed by atoms with E-state index in [0.717, 1.165) is 19.4 Å². The van der Waals surface area contributed by atoms with Gasteiger partial charge in [0.1, 0.15) is 0 Å². The summed E-state index contributed by atoms with van der Waals surface area (Å²) in [7, 11) is 0. The Bertz CT molecular complexity index is 62.5. The van der Waals surface area contributed by atoms with Crippen molar-refractivity contribution < 1.29 is 4.79 Å². The molecule has 0 aromatic heterocycles. The fraction of sp³-hybridized carbons (Fsp3) is 0.800. The third-order valence-electron chi connectivity index (χ3n) is 0.903. The summed E-state index contributed by atoms with van der Waals surface area (Å²) in [5.41, 5.74) is 0. The molecule has 0 radical (unpaired) electrons. The molecule has 0 aromatic carbocycles. The number of rotatable bonds is 0. The Morgan fingerprint density at radius 2 is 2.29 bits per heavy atom. The molecule has 2 heteroatoms. The first kappa shape index (κ1) is 6.47. The third-order valence-corrected chi connectivity index (χ3v) is 0.903. The van der Waals surface area contributed by atoms with E-state index in [9.17, 15) is 4.79 Å². The Morgan fingerprint density at radius 1 is 1.57 bits per heavy atom. The molecule has 0 bridgehead atoms. The minimum Gasteiger partial charge on any atom is -0.356 e. The van der Waals surface area contributed by atoms with Crippen LogP contribution < -0.4 is 5.32 Å². The fourth-order valence-corrected chi connectivity index (χ4v) is 0.565. The Kier molecular flexibility index (Phi) is 2.41. The van der Waals surface area contributed by atoms with Crippen LogP contribution in [0.25, 0.3) is 0 Å². The molecular formula is C5H11NO. The maximum Gasteiger partial charge on any atom is 0.220 e. The number of carbonyl (C=O) groups is 1. The molecule has 1 fully saturated rings. The third kappa shape index (κ3) is 1.57. The average Bonchev–Trinajstić information content (AvgIpc) is 1.86. The summed E-state index contributed by atoms with van der Waals surface area (Å²) in [4.78, 5) is 10.1. The van der Waals surface area contributed by atoms with Crippen molar-refractivity contribution >= 4 is 5.91 Å². The van der Waals surface area contributed by atoms with E-state index in [1.165, 1.54) is 0 Å². The maximum absolute atomic E-state index is 10.1. The zero-order chi connectivity index (χ0) is 4.41. The average molecular weight is 101 g/mol. The molecule has 42 valence electrons. The smallest absolute Gasteiger partial charge is 0.220 e. The predicted molar refractivity (Wildman–Crippen MR) is 29.0 cm³/mol. The van der Waals surface area contributed by atoms with Gasteiger partial charge in [-0.3, -0.25) is 4.79 Å². The maximum atomic E-state index is 10.1. The standard InChI is InChI=1S/C4H7NO.CH4/c6-4-2-1-3-5-4;/h1-3H2,(H,5,6);1H4. The van der Waals surface area contributed by atoms with Gasteiger partial charge in [-0.25, -0.2) is 0 Å². The predicted octanol–water partition coefficient (Wildman–Crippen LogP) is 0.532. The van der Waals surface area contributed by atoms with Gasteiger partial charge >= 0.3 is 0 Å². The summed E-state index contributed by atoms with van der Waals surface area (Å²) in [5, 5.41) is 2.68. The van der Waals surface area contributed by atoms with E-state index in [-0.39, 0.29) is 13.3 Å². The Morgan fingerprint density at radius 3 is 2.43 bits per heavy atom. The van der Waals surface area contributed by atoms with E-state index in [4.69, 9.17) is 0 Å². The highest BCUT2D eigenvalue weighted by atomic mass is 16.1. The lowest BCUT2D eigenvalue weighted by Crippen LogP contribution is -2.12. The van der Waals surface area contributed by atoms with Crippen LogP contribution in [0.3, 0.4) is 0 Å². The fourth-order valence-electron chi connectivity index (χ4n) is 0.565. The molecule has 1 N–H and O–H groups in total. The minimum absolute atomic E-state index is 0. The number of nitrogens with one attached hydrogen (secondary N) is 1. The van der Waals surface area contributed by atoms with Crippen molar-refractivity contribution in [2.24, 2.45) is 0 Å². The number of hydrogen-bond donors (Lipinski definition) is 1. The largest absolute Gasteiger partial charge is 0.356 e. The first-order chi connectivity index (χ1) is 2.89. The van der Waals surface area contributed by atoms with Gasteiger partial charge in [0.25, 0.3) is 0 Å². The molecular weight excluding hydrogens is 90.1 g/mol. The van der Waals surface area contributed by atoms with Crippen LogP contribution in [0.15, 0.2) is 0 Å². The number of amides is 1. The molecule has 0 aromatic rings. The zero-order valence-corrected chi connectivity index (χ0v) is 3.53. The van der Waals surface area contributed by atoms with Gasteiger partial charge in [0, 0.05) is 13.0 Å². The number of hydrogen-bond acceptors (Lipinski definition) is 1. The van der Waals surface area contributed by atoms with E-state index in [1.807, 2.05) is 0 Å². The summed E-state index contributed by atoms with van der Waals surface area (Å²) in [6.07, 6.45) is 1.76. The van der Waals surface area contributed by atoms with Crippen LogP contribution in [0.4, 0.5) is 0 Å². The highest BCUT2D eigenvalue weighted by Gasteiger charge is 2.05. The van der Waals surface area contributed by atoms with Gasteiger partial charge in [-0.15, -0.1) is 0 Å². The minimum atomic E-state index is 0. The van der Waals surface area contributed by atoms with Gasteiger partial charge in [-0.05, 0) is 6.42 Å². The second kappa shape index (κ2) is 2.61. The second-order valence-corrected chi connectivity index (χ2v) is 1.45. The van der Waals surface area contributed by atoms with E-state index >= 15 is 0 Å². The lowest BCUT2D eigenvalue weighted by Gasteiger charge is -1.80. The molecule has 1 heterocycles. The monoisotopic (exact) mass is 101 g/mol. The topological polar surface area (TPSA) is 29.1 Å². The molecule has 2 nitrogen and oxygen atoms in total. The molecule has 0 aliphatic carbocycles. The van der Waals surface area contributed by atoms with Crippen molar-refractivity contribution in [2.45, 2.75) is 20.3 Å². The van der Waals surface area contributed by atoms with E-state index in [1.54, 1.807) is 0 Å². The van der Waals surface area contributed by atoms with Crippen molar-refractivity contribution in [3.63, 3.8) is 0 Å². The summed E-state index contributed by atoms with van der Waals surface area (Å²) < 4.78 is 0. The molecule has 1 amide bonds. The SMILES string of the molecule is C.O=C1CCCN1. The molecule has 0 saturated carbocycles. The molecule has 1 aliphatic rings. The molecule has 1 saturated heterocycles. The van der Waals surface area contributed by atoms with Crippen LogP contribution in [-0.4, -0.2) is 12.5 Å². The molecule has 1 aliphatic heterocycles. The van der Waals surface area contributed by atoms with E-state index in [2.05, 4.69) is 5.32 Å². The first-order valence-electron chi connectivity index (χ1n) is 2.16. The van der Waals surface area contributed by atoms with Gasteiger partial charge in [-0.1, -0.05) is 7.43 Å². The Labute approximate surface area is 43.9 Å². The summed E-state index contributed by atoms with van der Waals surface area (Å²) in [5.74, 6) is 0.204. The molecule has 0 spiro atoms. The van der Waals surface area contributed by atoms with Crippen molar-refractivity contribution in [3.05, 3.63) is 0 Å². The van der Waals surface area contributed by atoms with Gasteiger partial charge in [-0.2, -0.15) is 0 Å². The quantitative estimate of drug-likeness (QED) is 0.474. The van der Waals surface area contributed by atoms with E-state index < -0.39 is 0 Å². The van der Waals surface area contributed by atoms with Gasteiger partial charge in [0.2, 0.25) is 5.91 Å². The zero-order valence-electron chi connectivity index (χ0n) is 3.53. The molecule has 0 atom stereocenters. The second-order valence-electron chi connectivity index (χ2n) is 1.45. The van der Waals surface area contributed by atoms with E-state index in [0.29, 0.717) is 0 Å². The van der Waals surface area contributed by atoms with Gasteiger partial charge < -0.3 is 5.32 Å². The normalized spacial score (nSPS) is 18.0. The highest BCUT2D eigenvalue weighted by molar-refractivity contribution is 5.77. The Balaban J connectivity index is 0.000000360. The van der Waals surface area contributed by atoms with Gasteiger partial charge in [0.05, 0.1) is 0 Å². The first-order valence-corrected chi connectivity index (χ1v) is 2.16. The Hall–Kier alpha value is -0.530. The molecule has 0 unspecified atom stereocenters. The van der Waals surface area contributed by atoms with Crippen molar-refractivity contribution in [2.75, 3.05) is 6.54 Å². The van der Waals surface area contributed by atoms with Crippen LogP contribution in [0, 0.1) is 0 Å². The van der Waals surface area contributed by atoms with Gasteiger partial charge in [0.15, 0.2) is 0 Å². The van der Waals surface area contributed by atoms with Crippen molar-refractivity contribution in [1.29, 1.82) is 0 Å². The highest BCUT2D eigenvalue weighted by Crippen LogP contribution is 1.93. The van der Waals surface area contributed by atoms with Crippen LogP contribution in [-0.2, 0) is 4.79 Å². The summed E-state index contributed by atoms with van der Waals surface area (Å²) in [6.45, 7) is 0.888.